The molecule has 0 aromatic rings. The van der Waals surface area contributed by atoms with Crippen LogP contribution < -0.4 is 0 Å². The number of methoxy groups -OCH3 is 2. The molecule has 5 heteroatoms. The van der Waals surface area contributed by atoms with Crippen molar-refractivity contribution in [3.8, 4) is 0 Å². The molecule has 0 spiro atoms. The molecule has 0 unspecified atom stereocenters. The average Bonchev–Trinajstić information content (AvgIpc) is 2.61. The van der Waals surface area contributed by atoms with Crippen molar-refractivity contribution in [1.82, 2.24) is 0 Å². The van der Waals surface area contributed by atoms with Crippen molar-refractivity contribution in [1.29, 1.82) is 0 Å². The van der Waals surface area contributed by atoms with E-state index in [-0.39, 0.29) is 36.1 Å². The van der Waals surface area contributed by atoms with Gasteiger partial charge in [0.2, 0.25) is 0 Å². The molecule has 3 aliphatic rings. The Labute approximate surface area is 161 Å². The average molecular weight is 374 g/mol. The van der Waals surface area contributed by atoms with Gasteiger partial charge in [-0.15, -0.1) is 0 Å². The lowest BCUT2D eigenvalue weighted by molar-refractivity contribution is -0.134. The van der Waals surface area contributed by atoms with Gasteiger partial charge in [0, 0.05) is 20.1 Å². The van der Waals surface area contributed by atoms with E-state index in [2.05, 4.69) is 0 Å². The molecule has 3 rings (SSSR count). The third-order valence-corrected chi connectivity index (χ3v) is 6.88. The Morgan fingerprint density at radius 1 is 1.15 bits per heavy atom. The zero-order valence-corrected chi connectivity index (χ0v) is 17.0. The van der Waals surface area contributed by atoms with Gasteiger partial charge < -0.3 is 14.6 Å². The third kappa shape index (κ3) is 3.06. The van der Waals surface area contributed by atoms with Crippen LogP contribution in [0.2, 0.25) is 0 Å². The summed E-state index contributed by atoms with van der Waals surface area (Å²) in [4.78, 5) is 25.8. The summed E-state index contributed by atoms with van der Waals surface area (Å²) in [5.41, 5.74) is 0.806. The zero-order valence-electron chi connectivity index (χ0n) is 17.0. The van der Waals surface area contributed by atoms with E-state index < -0.39 is 16.9 Å². The first-order chi connectivity index (χ1) is 12.6. The molecule has 0 amide bonds. The second kappa shape index (κ2) is 6.80. The van der Waals surface area contributed by atoms with Crippen molar-refractivity contribution in [3.05, 3.63) is 34.9 Å². The summed E-state index contributed by atoms with van der Waals surface area (Å²) in [6.07, 6.45) is 4.21. The molecule has 4 bridgehead atoms. The maximum Gasteiger partial charge on any atom is 0.181 e. The van der Waals surface area contributed by atoms with Crippen LogP contribution in [-0.4, -0.2) is 49.2 Å². The number of hydrogen-bond donors (Lipinski definition) is 1. The zero-order chi connectivity index (χ0) is 20.1. The highest BCUT2D eigenvalue weighted by Crippen LogP contribution is 2.51. The lowest BCUT2D eigenvalue weighted by Gasteiger charge is -2.49. The number of fused-ring (bicyclic) bond motifs is 4. The van der Waals surface area contributed by atoms with E-state index in [1.54, 1.807) is 27.2 Å². The van der Waals surface area contributed by atoms with E-state index in [9.17, 15) is 14.7 Å². The van der Waals surface area contributed by atoms with Crippen molar-refractivity contribution in [2.24, 2.45) is 16.7 Å². The molecule has 3 aliphatic carbocycles. The number of ketones is 2. The molecule has 5 nitrogen and oxygen atoms in total. The standard InChI is InChI=1S/C22H30O5/c1-12-16(26-5)10-14-17(27-6)9-13-11-22(4,8-7-15(13)23)20(25)19(24)18(12)21(14,2)3/h7-9,14,16-17,19,24H,10-11H2,1-6H3/b13-9+/t14-,16-,17-,19+,22+/m0/s1. The van der Waals surface area contributed by atoms with E-state index in [0.29, 0.717) is 12.0 Å². The van der Waals surface area contributed by atoms with Crippen molar-refractivity contribution >= 4 is 11.6 Å². The van der Waals surface area contributed by atoms with Gasteiger partial charge in [-0.05, 0) is 61.0 Å². The number of Topliss-reactive ketones (excluding diaryl/α,β-unsaturated/α-hetero) is 1. The van der Waals surface area contributed by atoms with E-state index in [1.807, 2.05) is 26.8 Å². The van der Waals surface area contributed by atoms with Crippen LogP contribution >= 0.6 is 0 Å². The summed E-state index contributed by atoms with van der Waals surface area (Å²) in [5.74, 6) is -0.406. The van der Waals surface area contributed by atoms with Gasteiger partial charge in [-0.1, -0.05) is 19.9 Å². The van der Waals surface area contributed by atoms with Gasteiger partial charge in [-0.25, -0.2) is 0 Å². The van der Waals surface area contributed by atoms with Crippen LogP contribution in [0.5, 0.6) is 0 Å². The minimum absolute atomic E-state index is 0.0378. The van der Waals surface area contributed by atoms with Gasteiger partial charge in [0.15, 0.2) is 11.6 Å². The van der Waals surface area contributed by atoms with E-state index in [0.717, 1.165) is 11.1 Å². The topological polar surface area (TPSA) is 72.8 Å². The molecule has 0 saturated carbocycles. The SMILES string of the molecule is CO[C@H]1C[C@H]2[C@@H](OC)/C=C3\C[C@@](C)(C=CC3=O)C(=O)[C@H](O)C(=C1C)C2(C)C. The predicted octanol–water partition coefficient (Wildman–Crippen LogP) is 2.78. The molecule has 0 saturated heterocycles. The molecule has 5 atom stereocenters. The summed E-state index contributed by atoms with van der Waals surface area (Å²) in [7, 11) is 3.28. The second-order valence-corrected chi connectivity index (χ2v) is 8.84. The largest absolute Gasteiger partial charge is 0.381 e. The van der Waals surface area contributed by atoms with E-state index >= 15 is 0 Å². The molecule has 148 valence electrons. The van der Waals surface area contributed by atoms with Crippen LogP contribution in [0.15, 0.2) is 34.9 Å². The second-order valence-electron chi connectivity index (χ2n) is 8.84. The van der Waals surface area contributed by atoms with Crippen LogP contribution in [0.4, 0.5) is 0 Å². The van der Waals surface area contributed by atoms with Crippen LogP contribution in [0.3, 0.4) is 0 Å². The summed E-state index contributed by atoms with van der Waals surface area (Å²) >= 11 is 0. The number of carbonyl (C=O) groups is 2. The maximum atomic E-state index is 13.3. The van der Waals surface area contributed by atoms with Crippen molar-refractivity contribution in [3.63, 3.8) is 0 Å². The van der Waals surface area contributed by atoms with Gasteiger partial charge in [0.05, 0.1) is 17.6 Å². The van der Waals surface area contributed by atoms with Gasteiger partial charge in [-0.3, -0.25) is 9.59 Å². The molecule has 1 N–H and O–H groups in total. The number of aliphatic hydroxyl groups is 1. The van der Waals surface area contributed by atoms with Gasteiger partial charge in [0.1, 0.15) is 6.10 Å². The van der Waals surface area contributed by atoms with E-state index in [1.165, 1.54) is 6.08 Å². The minimum Gasteiger partial charge on any atom is -0.381 e. The summed E-state index contributed by atoms with van der Waals surface area (Å²) in [5, 5.41) is 11.2. The quantitative estimate of drug-likeness (QED) is 0.753. The molecule has 0 heterocycles. The van der Waals surface area contributed by atoms with Gasteiger partial charge >= 0.3 is 0 Å². The highest BCUT2D eigenvalue weighted by Gasteiger charge is 2.51. The fourth-order valence-electron chi connectivity index (χ4n) is 5.18. The smallest absolute Gasteiger partial charge is 0.181 e. The molecular weight excluding hydrogens is 344 g/mol. The van der Waals surface area contributed by atoms with Gasteiger partial charge in [0.25, 0.3) is 0 Å². The lowest BCUT2D eigenvalue weighted by Crippen LogP contribution is -2.50. The fourth-order valence-corrected chi connectivity index (χ4v) is 5.18. The summed E-state index contributed by atoms with van der Waals surface area (Å²) in [6, 6.07) is 0. The fraction of sp³-hybridized carbons (Fsp3) is 0.636. The first-order valence-corrected chi connectivity index (χ1v) is 9.50. The predicted molar refractivity (Wildman–Crippen MR) is 102 cm³/mol. The Hall–Kier alpha value is -1.56. The summed E-state index contributed by atoms with van der Waals surface area (Å²) < 4.78 is 11.5. The first-order valence-electron chi connectivity index (χ1n) is 9.50. The van der Waals surface area contributed by atoms with Gasteiger partial charge in [-0.2, -0.15) is 0 Å². The molecule has 27 heavy (non-hydrogen) atoms. The minimum atomic E-state index is -1.24. The van der Waals surface area contributed by atoms with Crippen LogP contribution in [0, 0.1) is 16.7 Å². The van der Waals surface area contributed by atoms with Crippen molar-refractivity contribution in [2.75, 3.05) is 14.2 Å². The Balaban J connectivity index is 2.29. The Bertz CT molecular complexity index is 757. The molecule has 0 radical (unpaired) electrons. The normalized spacial score (nSPS) is 40.6. The van der Waals surface area contributed by atoms with E-state index in [4.69, 9.17) is 9.47 Å². The van der Waals surface area contributed by atoms with Crippen LogP contribution in [0.1, 0.15) is 40.5 Å². The lowest BCUT2D eigenvalue weighted by atomic mass is 9.58. The Morgan fingerprint density at radius 3 is 2.41 bits per heavy atom. The number of ether oxygens (including phenoxy) is 2. The monoisotopic (exact) mass is 374 g/mol. The Morgan fingerprint density at radius 2 is 1.81 bits per heavy atom. The molecule has 0 aliphatic heterocycles. The molecular formula is C22H30O5. The third-order valence-electron chi connectivity index (χ3n) is 6.88. The Kier molecular flexibility index (Phi) is 5.08. The molecule has 0 aromatic carbocycles. The number of aliphatic hydroxyl groups excluding tert-OH is 1. The number of rotatable bonds is 2. The van der Waals surface area contributed by atoms with Crippen molar-refractivity contribution in [2.45, 2.75) is 58.8 Å². The van der Waals surface area contributed by atoms with Crippen LogP contribution in [0.25, 0.3) is 0 Å². The summed E-state index contributed by atoms with van der Waals surface area (Å²) in [6.45, 7) is 7.81. The molecule has 0 aromatic heterocycles. The van der Waals surface area contributed by atoms with Crippen LogP contribution in [-0.2, 0) is 19.1 Å². The highest BCUT2D eigenvalue weighted by atomic mass is 16.5. The molecule has 0 fully saturated rings. The first kappa shape index (κ1) is 20.2. The number of allylic oxidation sites excluding steroid dienone is 3. The maximum absolute atomic E-state index is 13.3. The highest BCUT2D eigenvalue weighted by molar-refractivity contribution is 6.08. The number of hydrogen-bond acceptors (Lipinski definition) is 5. The number of carbonyl (C=O) groups excluding carboxylic acids is 2. The van der Waals surface area contributed by atoms with Crippen molar-refractivity contribution < 1.29 is 24.2 Å².